The molecule has 2 N–H and O–H groups in total. The van der Waals surface area contributed by atoms with Crippen molar-refractivity contribution in [2.24, 2.45) is 22.7 Å². The first-order valence-corrected chi connectivity index (χ1v) is 18.4. The van der Waals surface area contributed by atoms with Crippen LogP contribution in [0.15, 0.2) is 35.5 Å². The molecule has 0 spiro atoms. The zero-order valence-corrected chi connectivity index (χ0v) is 27.5. The Balaban J connectivity index is 1.79. The van der Waals surface area contributed by atoms with E-state index in [1.54, 1.807) is 5.57 Å². The summed E-state index contributed by atoms with van der Waals surface area (Å²) in [6, 6.07) is 0. The van der Waals surface area contributed by atoms with Crippen LogP contribution in [0.2, 0.25) is 18.1 Å². The van der Waals surface area contributed by atoms with Crippen LogP contribution in [0.5, 0.6) is 0 Å². The van der Waals surface area contributed by atoms with Gasteiger partial charge < -0.3 is 14.6 Å². The lowest BCUT2D eigenvalue weighted by atomic mass is 9.53. The first-order valence-electron chi connectivity index (χ1n) is 15.5. The quantitative estimate of drug-likeness (QED) is 0.300. The molecule has 3 fully saturated rings. The molecule has 0 aliphatic heterocycles. The molecule has 3 aliphatic carbocycles. The van der Waals surface area contributed by atoms with Crippen LogP contribution in [0.4, 0.5) is 0 Å². The summed E-state index contributed by atoms with van der Waals surface area (Å²) in [5.41, 5.74) is 3.63. The minimum Gasteiger partial charge on any atom is -0.413 e. The van der Waals surface area contributed by atoms with Crippen LogP contribution in [-0.4, -0.2) is 36.3 Å². The van der Waals surface area contributed by atoms with Crippen LogP contribution >= 0.6 is 0 Å². The van der Waals surface area contributed by atoms with Gasteiger partial charge in [0, 0.05) is 6.42 Å². The summed E-state index contributed by atoms with van der Waals surface area (Å²) >= 11 is 0. The van der Waals surface area contributed by atoms with Gasteiger partial charge in [-0.25, -0.2) is 0 Å². The highest BCUT2D eigenvalue weighted by Crippen LogP contribution is 2.67. The Morgan fingerprint density at radius 2 is 1.79 bits per heavy atom. The van der Waals surface area contributed by atoms with Crippen molar-refractivity contribution in [2.45, 2.75) is 156 Å². The van der Waals surface area contributed by atoms with Crippen LogP contribution in [0.1, 0.15) is 120 Å². The summed E-state index contributed by atoms with van der Waals surface area (Å²) in [4.78, 5) is 0. The van der Waals surface area contributed by atoms with Gasteiger partial charge in [-0.1, -0.05) is 78.7 Å². The summed E-state index contributed by atoms with van der Waals surface area (Å²) < 4.78 is 6.74. The molecule has 3 rings (SSSR count). The van der Waals surface area contributed by atoms with Crippen molar-refractivity contribution in [1.29, 1.82) is 0 Å². The van der Waals surface area contributed by atoms with E-state index in [-0.39, 0.29) is 16.6 Å². The van der Waals surface area contributed by atoms with Crippen molar-refractivity contribution < 1.29 is 14.6 Å². The fourth-order valence-corrected chi connectivity index (χ4v) is 9.10. The Kier molecular flexibility index (Phi) is 9.47. The van der Waals surface area contributed by atoms with Gasteiger partial charge in [0.25, 0.3) is 0 Å². The Hall–Kier alpha value is -0.683. The van der Waals surface area contributed by atoms with Crippen LogP contribution in [0.25, 0.3) is 0 Å². The lowest BCUT2D eigenvalue weighted by molar-refractivity contribution is 0.0299. The first-order chi connectivity index (χ1) is 17.3. The molecule has 0 amide bonds. The molecule has 38 heavy (non-hydrogen) atoms. The van der Waals surface area contributed by atoms with E-state index in [4.69, 9.17) is 4.43 Å². The predicted molar refractivity (Wildman–Crippen MR) is 165 cm³/mol. The fourth-order valence-electron chi connectivity index (χ4n) is 7.73. The zero-order chi connectivity index (χ0) is 28.7. The second-order valence-corrected chi connectivity index (χ2v) is 20.6. The summed E-state index contributed by atoms with van der Waals surface area (Å²) in [7, 11) is -1.90. The van der Waals surface area contributed by atoms with Crippen molar-refractivity contribution >= 4 is 8.32 Å². The van der Waals surface area contributed by atoms with E-state index < -0.39 is 20.0 Å². The molecule has 0 saturated heterocycles. The molecule has 0 heterocycles. The van der Waals surface area contributed by atoms with Gasteiger partial charge in [-0.2, -0.15) is 0 Å². The number of hydrogen-bond donors (Lipinski definition) is 2. The SMILES string of the molecule is C=C1/C(=C/C=C2/CCC[C@]3(C)C([C@H](C)CCCC(C)(C)O)CC[C@@]23C)C[C@@H](O[Si](C)(C)C(C)(C)C)C[C@@H]1O. The summed E-state index contributed by atoms with van der Waals surface area (Å²) in [6.45, 7) is 27.2. The largest absolute Gasteiger partial charge is 0.413 e. The van der Waals surface area contributed by atoms with Crippen molar-refractivity contribution in [1.82, 2.24) is 0 Å². The van der Waals surface area contributed by atoms with Crippen LogP contribution in [-0.2, 0) is 4.43 Å². The second-order valence-electron chi connectivity index (χ2n) is 15.8. The minimum absolute atomic E-state index is 0.0638. The van der Waals surface area contributed by atoms with Crippen molar-refractivity contribution in [3.05, 3.63) is 35.5 Å². The molecule has 0 aromatic heterocycles. The zero-order valence-electron chi connectivity index (χ0n) is 26.5. The van der Waals surface area contributed by atoms with E-state index in [0.29, 0.717) is 17.8 Å². The summed E-state index contributed by atoms with van der Waals surface area (Å²) in [6.07, 6.45) is 15.3. The average Bonchev–Trinajstić information content (AvgIpc) is 3.04. The molecular weight excluding hydrogens is 484 g/mol. The number of aliphatic hydroxyl groups excluding tert-OH is 1. The first kappa shape index (κ1) is 31.8. The van der Waals surface area contributed by atoms with Gasteiger partial charge in [0.1, 0.15) is 0 Å². The number of fused-ring (bicyclic) bond motifs is 1. The molecular formula is C34H60O3Si. The predicted octanol–water partition coefficient (Wildman–Crippen LogP) is 9.12. The Morgan fingerprint density at radius 1 is 1.13 bits per heavy atom. The van der Waals surface area contributed by atoms with Gasteiger partial charge in [-0.05, 0) is 111 Å². The van der Waals surface area contributed by atoms with Crippen LogP contribution in [0, 0.1) is 22.7 Å². The standard InChI is InChI=1S/C34H60O3Si/c1-24(14-12-19-32(6,7)36)29-18-21-33(8)27(15-13-20-34(29,33)9)17-16-26-22-28(23-30(35)25(26)2)37-38(10,11)31(3,4)5/h16-17,24,28-30,35-36H,2,12-15,18-23H2,1,3-11H3/b26-16+,27-17-/t24-,28-,29?,30+,33+,34-/m1/s1. The summed E-state index contributed by atoms with van der Waals surface area (Å²) in [5, 5.41) is 21.2. The maximum absolute atomic E-state index is 10.9. The Morgan fingerprint density at radius 3 is 2.39 bits per heavy atom. The van der Waals surface area contributed by atoms with Gasteiger partial charge in [-0.15, -0.1) is 0 Å². The third-order valence-corrected chi connectivity index (χ3v) is 16.1. The molecule has 3 aliphatic rings. The van der Waals surface area contributed by atoms with Crippen LogP contribution in [0.3, 0.4) is 0 Å². The molecule has 3 saturated carbocycles. The average molecular weight is 545 g/mol. The van der Waals surface area contributed by atoms with Crippen molar-refractivity contribution in [3.63, 3.8) is 0 Å². The maximum atomic E-state index is 10.9. The van der Waals surface area contributed by atoms with Gasteiger partial charge in [0.15, 0.2) is 8.32 Å². The highest BCUT2D eigenvalue weighted by atomic mass is 28.4. The number of hydrogen-bond acceptors (Lipinski definition) is 3. The third-order valence-electron chi connectivity index (χ3n) is 11.5. The van der Waals surface area contributed by atoms with E-state index in [0.717, 1.165) is 30.8 Å². The molecule has 4 heteroatoms. The van der Waals surface area contributed by atoms with Gasteiger partial charge >= 0.3 is 0 Å². The van der Waals surface area contributed by atoms with Crippen molar-refractivity contribution in [3.8, 4) is 0 Å². The highest BCUT2D eigenvalue weighted by molar-refractivity contribution is 6.74. The van der Waals surface area contributed by atoms with E-state index >= 15 is 0 Å². The molecule has 0 bridgehead atoms. The molecule has 0 radical (unpaired) electrons. The molecule has 0 aromatic rings. The number of rotatable bonds is 8. The number of aliphatic hydroxyl groups is 2. The van der Waals surface area contributed by atoms with Gasteiger partial charge in [0.05, 0.1) is 17.8 Å². The molecule has 218 valence electrons. The van der Waals surface area contributed by atoms with Gasteiger partial charge in [0.2, 0.25) is 0 Å². The molecule has 3 nitrogen and oxygen atoms in total. The van der Waals surface area contributed by atoms with E-state index in [1.165, 1.54) is 44.1 Å². The normalized spacial score (nSPS) is 36.1. The fraction of sp³-hybridized carbons (Fsp3) is 0.824. The second kappa shape index (κ2) is 11.3. The van der Waals surface area contributed by atoms with Crippen molar-refractivity contribution in [2.75, 3.05) is 0 Å². The number of allylic oxidation sites excluding steroid dienone is 3. The third kappa shape index (κ3) is 6.61. The Bertz CT molecular complexity index is 917. The van der Waals surface area contributed by atoms with E-state index in [9.17, 15) is 10.2 Å². The maximum Gasteiger partial charge on any atom is 0.192 e. The molecule has 0 aromatic carbocycles. The molecule has 1 unspecified atom stereocenters. The lowest BCUT2D eigenvalue weighted by Gasteiger charge is -2.51. The van der Waals surface area contributed by atoms with Gasteiger partial charge in [-0.3, -0.25) is 0 Å². The van der Waals surface area contributed by atoms with E-state index in [1.807, 2.05) is 13.8 Å². The lowest BCUT2D eigenvalue weighted by Crippen LogP contribution is -2.46. The minimum atomic E-state index is -1.90. The molecule has 6 atom stereocenters. The van der Waals surface area contributed by atoms with E-state index in [2.05, 4.69) is 73.4 Å². The summed E-state index contributed by atoms with van der Waals surface area (Å²) in [5.74, 6) is 1.42. The topological polar surface area (TPSA) is 49.7 Å². The Labute approximate surface area is 236 Å². The monoisotopic (exact) mass is 544 g/mol. The smallest absolute Gasteiger partial charge is 0.192 e. The highest BCUT2D eigenvalue weighted by Gasteiger charge is 2.57. The van der Waals surface area contributed by atoms with Crippen LogP contribution < -0.4 is 0 Å².